The topological polar surface area (TPSA) is 12.5 Å². The molecule has 1 aromatic rings. The second kappa shape index (κ2) is 3.86. The van der Waals surface area contributed by atoms with Crippen molar-refractivity contribution < 1.29 is 4.74 Å². The number of fused-ring (bicyclic) bond motifs is 1. The van der Waals surface area contributed by atoms with Crippen LogP contribution in [0.3, 0.4) is 0 Å². The quantitative estimate of drug-likeness (QED) is 0.753. The van der Waals surface area contributed by atoms with Crippen LogP contribution in [-0.4, -0.2) is 30.7 Å². The fraction of sp³-hybridized carbons (Fsp3) is 0.571. The minimum atomic E-state index is 0.424. The van der Waals surface area contributed by atoms with Gasteiger partial charge in [-0.05, 0) is 12.0 Å². The summed E-state index contributed by atoms with van der Waals surface area (Å²) in [6.45, 7) is 6.76. The lowest BCUT2D eigenvalue weighted by molar-refractivity contribution is -0.209. The van der Waals surface area contributed by atoms with Crippen LogP contribution in [0.4, 0.5) is 0 Å². The van der Waals surface area contributed by atoms with Crippen LogP contribution < -0.4 is 0 Å². The third kappa shape index (κ3) is 1.76. The van der Waals surface area contributed by atoms with E-state index in [1.165, 1.54) is 25.1 Å². The first-order chi connectivity index (χ1) is 7.76. The smallest absolute Gasteiger partial charge is 0.0675 e. The lowest BCUT2D eigenvalue weighted by atomic mass is 9.75. The monoisotopic (exact) mass is 217 g/mol. The molecular formula is C14H19NO. The number of benzene rings is 1. The van der Waals surface area contributed by atoms with Gasteiger partial charge in [0.05, 0.1) is 12.7 Å². The van der Waals surface area contributed by atoms with E-state index in [4.69, 9.17) is 4.74 Å². The van der Waals surface area contributed by atoms with E-state index in [0.717, 1.165) is 13.2 Å². The first-order valence-electron chi connectivity index (χ1n) is 6.14. The van der Waals surface area contributed by atoms with Crippen molar-refractivity contribution in [3.8, 4) is 0 Å². The molecular weight excluding hydrogens is 198 g/mol. The molecule has 2 atom stereocenters. The predicted molar refractivity (Wildman–Crippen MR) is 64.2 cm³/mol. The fourth-order valence-corrected chi connectivity index (χ4v) is 2.93. The molecule has 0 unspecified atom stereocenters. The zero-order chi connectivity index (χ0) is 11.0. The average molecular weight is 217 g/mol. The Morgan fingerprint density at radius 1 is 1.38 bits per heavy atom. The molecule has 0 saturated carbocycles. The number of likely N-dealkylation sites (tertiary alicyclic amines) is 1. The Morgan fingerprint density at radius 2 is 2.19 bits per heavy atom. The largest absolute Gasteiger partial charge is 0.377 e. The van der Waals surface area contributed by atoms with Gasteiger partial charge < -0.3 is 4.74 Å². The molecule has 0 amide bonds. The normalized spacial score (nSPS) is 34.2. The van der Waals surface area contributed by atoms with Gasteiger partial charge in [-0.25, -0.2) is 0 Å². The van der Waals surface area contributed by atoms with Gasteiger partial charge in [0.15, 0.2) is 0 Å². The lowest BCUT2D eigenvalue weighted by Crippen LogP contribution is -2.60. The molecule has 2 aliphatic rings. The van der Waals surface area contributed by atoms with Crippen molar-refractivity contribution in [2.45, 2.75) is 26.0 Å². The number of piperidine rings is 1. The summed E-state index contributed by atoms with van der Waals surface area (Å²) in [5.74, 6) is 0. The molecule has 0 bridgehead atoms. The molecule has 0 spiro atoms. The molecule has 2 heterocycles. The summed E-state index contributed by atoms with van der Waals surface area (Å²) in [6, 6.07) is 10.8. The first kappa shape index (κ1) is 10.3. The van der Waals surface area contributed by atoms with Gasteiger partial charge in [0.1, 0.15) is 0 Å². The molecule has 2 heteroatoms. The van der Waals surface area contributed by atoms with Crippen LogP contribution in [0.5, 0.6) is 0 Å². The molecule has 1 aromatic carbocycles. The molecule has 0 aromatic heterocycles. The van der Waals surface area contributed by atoms with Gasteiger partial charge in [-0.2, -0.15) is 0 Å². The lowest BCUT2D eigenvalue weighted by Gasteiger charge is -2.53. The van der Waals surface area contributed by atoms with E-state index in [9.17, 15) is 0 Å². The number of hydrogen-bond acceptors (Lipinski definition) is 2. The summed E-state index contributed by atoms with van der Waals surface area (Å²) >= 11 is 0. The Bertz CT molecular complexity index is 364. The number of hydrogen-bond donors (Lipinski definition) is 0. The molecule has 0 N–H and O–H groups in total. The van der Waals surface area contributed by atoms with E-state index in [1.807, 2.05) is 0 Å². The van der Waals surface area contributed by atoms with Gasteiger partial charge in [0, 0.05) is 25.0 Å². The summed E-state index contributed by atoms with van der Waals surface area (Å²) in [5.41, 5.74) is 1.84. The van der Waals surface area contributed by atoms with Crippen LogP contribution in [0, 0.1) is 5.41 Å². The van der Waals surface area contributed by atoms with E-state index in [2.05, 4.69) is 42.2 Å². The molecule has 86 valence electrons. The first-order valence-corrected chi connectivity index (χ1v) is 6.14. The minimum absolute atomic E-state index is 0.424. The minimum Gasteiger partial charge on any atom is -0.377 e. The molecule has 0 radical (unpaired) electrons. The van der Waals surface area contributed by atoms with E-state index in [0.29, 0.717) is 11.5 Å². The van der Waals surface area contributed by atoms with E-state index in [1.54, 1.807) is 0 Å². The van der Waals surface area contributed by atoms with E-state index in [-0.39, 0.29) is 0 Å². The van der Waals surface area contributed by atoms with Crippen molar-refractivity contribution in [1.82, 2.24) is 4.90 Å². The average Bonchev–Trinajstić information content (AvgIpc) is 2.27. The summed E-state index contributed by atoms with van der Waals surface area (Å²) < 4.78 is 5.61. The van der Waals surface area contributed by atoms with E-state index < -0.39 is 0 Å². The highest BCUT2D eigenvalue weighted by atomic mass is 16.5. The summed E-state index contributed by atoms with van der Waals surface area (Å²) in [4.78, 5) is 2.56. The van der Waals surface area contributed by atoms with Crippen LogP contribution in [-0.2, 0) is 11.3 Å². The van der Waals surface area contributed by atoms with Crippen LogP contribution >= 0.6 is 0 Å². The summed E-state index contributed by atoms with van der Waals surface area (Å²) in [5, 5.41) is 0. The number of rotatable bonds is 2. The third-order valence-electron chi connectivity index (χ3n) is 3.93. The maximum atomic E-state index is 5.61. The second-order valence-electron chi connectivity index (χ2n) is 5.44. The Morgan fingerprint density at radius 3 is 2.81 bits per heavy atom. The van der Waals surface area contributed by atoms with Crippen LogP contribution in [0.15, 0.2) is 30.3 Å². The van der Waals surface area contributed by atoms with Gasteiger partial charge >= 0.3 is 0 Å². The second-order valence-corrected chi connectivity index (χ2v) is 5.44. The Labute approximate surface area is 97.2 Å². The zero-order valence-corrected chi connectivity index (χ0v) is 9.86. The predicted octanol–water partition coefficient (Wildman–Crippen LogP) is 2.30. The molecule has 2 saturated heterocycles. The van der Waals surface area contributed by atoms with Crippen LogP contribution in [0.25, 0.3) is 0 Å². The highest BCUT2D eigenvalue weighted by Crippen LogP contribution is 2.40. The van der Waals surface area contributed by atoms with Crippen LogP contribution in [0.2, 0.25) is 0 Å². The maximum absolute atomic E-state index is 5.61. The van der Waals surface area contributed by atoms with Crippen molar-refractivity contribution in [2.24, 2.45) is 5.41 Å². The third-order valence-corrected chi connectivity index (χ3v) is 3.93. The Kier molecular flexibility index (Phi) is 2.49. The SMILES string of the molecule is C[C@]12CO[C@H]1CCN(Cc1ccccc1)C2. The van der Waals surface area contributed by atoms with Crippen molar-refractivity contribution in [2.75, 3.05) is 19.7 Å². The van der Waals surface area contributed by atoms with Gasteiger partial charge in [0.25, 0.3) is 0 Å². The Balaban J connectivity index is 1.64. The summed E-state index contributed by atoms with van der Waals surface area (Å²) in [6.07, 6.45) is 1.73. The summed E-state index contributed by atoms with van der Waals surface area (Å²) in [7, 11) is 0. The van der Waals surface area contributed by atoms with E-state index >= 15 is 0 Å². The maximum Gasteiger partial charge on any atom is 0.0675 e. The highest BCUT2D eigenvalue weighted by molar-refractivity contribution is 5.15. The Hall–Kier alpha value is -0.860. The standard InChI is InChI=1S/C14H19NO/c1-14-10-15(8-7-13(14)16-11-14)9-12-5-3-2-4-6-12/h2-6,13H,7-11H2,1H3/t13-,14-/m0/s1. The van der Waals surface area contributed by atoms with Gasteiger partial charge in [-0.1, -0.05) is 37.3 Å². The highest BCUT2D eigenvalue weighted by Gasteiger charge is 2.47. The fourth-order valence-electron chi connectivity index (χ4n) is 2.93. The molecule has 2 fully saturated rings. The van der Waals surface area contributed by atoms with Crippen molar-refractivity contribution in [3.05, 3.63) is 35.9 Å². The van der Waals surface area contributed by atoms with Crippen molar-refractivity contribution in [1.29, 1.82) is 0 Å². The van der Waals surface area contributed by atoms with Crippen LogP contribution in [0.1, 0.15) is 18.9 Å². The number of ether oxygens (including phenoxy) is 1. The molecule has 3 rings (SSSR count). The van der Waals surface area contributed by atoms with Crippen molar-refractivity contribution >= 4 is 0 Å². The van der Waals surface area contributed by atoms with Crippen molar-refractivity contribution in [3.63, 3.8) is 0 Å². The zero-order valence-electron chi connectivity index (χ0n) is 9.86. The molecule has 0 aliphatic carbocycles. The van der Waals surface area contributed by atoms with Gasteiger partial charge in [0.2, 0.25) is 0 Å². The molecule has 2 aliphatic heterocycles. The number of nitrogens with zero attached hydrogens (tertiary/aromatic N) is 1. The van der Waals surface area contributed by atoms with Gasteiger partial charge in [-0.15, -0.1) is 0 Å². The molecule has 16 heavy (non-hydrogen) atoms. The van der Waals surface area contributed by atoms with Gasteiger partial charge in [-0.3, -0.25) is 4.90 Å². The molecule has 2 nitrogen and oxygen atoms in total.